The molecular formula is C12H13NO4. The first-order chi connectivity index (χ1) is 8.11. The molecule has 1 aromatic carbocycles. The van der Waals surface area contributed by atoms with E-state index in [1.54, 1.807) is 24.3 Å². The van der Waals surface area contributed by atoms with Crippen molar-refractivity contribution in [3.63, 3.8) is 0 Å². The Hall–Kier alpha value is -2.14. The predicted molar refractivity (Wildman–Crippen MR) is 62.6 cm³/mol. The number of nitrogens with one attached hydrogen (secondary N) is 1. The van der Waals surface area contributed by atoms with Crippen LogP contribution in [0.1, 0.15) is 5.56 Å². The van der Waals surface area contributed by atoms with Crippen LogP contribution in [0.4, 0.5) is 5.69 Å². The van der Waals surface area contributed by atoms with Crippen LogP contribution in [0.15, 0.2) is 36.4 Å². The highest BCUT2D eigenvalue weighted by Gasteiger charge is 1.99. The van der Waals surface area contributed by atoms with Gasteiger partial charge in [0.05, 0.1) is 0 Å². The topological polar surface area (TPSA) is 86.6 Å². The van der Waals surface area contributed by atoms with Crippen LogP contribution in [0.2, 0.25) is 0 Å². The molecule has 0 atom stereocenters. The first-order valence-corrected chi connectivity index (χ1v) is 5.03. The van der Waals surface area contributed by atoms with E-state index in [0.717, 1.165) is 17.7 Å². The fourth-order valence-corrected chi connectivity index (χ4v) is 1.21. The fourth-order valence-electron chi connectivity index (χ4n) is 1.21. The molecular weight excluding hydrogens is 222 g/mol. The molecule has 0 aliphatic carbocycles. The lowest BCUT2D eigenvalue weighted by Crippen LogP contribution is -2.08. The second-order valence-electron chi connectivity index (χ2n) is 3.33. The predicted octanol–water partition coefficient (Wildman–Crippen LogP) is 0.801. The van der Waals surface area contributed by atoms with Crippen LogP contribution in [-0.2, 0) is 16.0 Å². The molecule has 90 valence electrons. The molecule has 0 radical (unpaired) electrons. The molecule has 1 aromatic rings. The van der Waals surface area contributed by atoms with Gasteiger partial charge in [-0.2, -0.15) is 0 Å². The Kier molecular flexibility index (Phi) is 4.90. The van der Waals surface area contributed by atoms with Gasteiger partial charge < -0.3 is 15.5 Å². The second kappa shape index (κ2) is 6.44. The number of carboxylic acids is 1. The van der Waals surface area contributed by atoms with E-state index in [1.807, 2.05) is 0 Å². The lowest BCUT2D eigenvalue weighted by Gasteiger charge is -2.03. The average molecular weight is 235 g/mol. The van der Waals surface area contributed by atoms with Crippen molar-refractivity contribution >= 4 is 17.6 Å². The van der Waals surface area contributed by atoms with Gasteiger partial charge in [-0.1, -0.05) is 12.1 Å². The van der Waals surface area contributed by atoms with Crippen molar-refractivity contribution in [1.82, 2.24) is 0 Å². The normalized spacial score (nSPS) is 10.4. The van der Waals surface area contributed by atoms with Gasteiger partial charge >= 0.3 is 5.97 Å². The zero-order chi connectivity index (χ0) is 12.7. The summed E-state index contributed by atoms with van der Waals surface area (Å²) in [5.74, 6) is -1.67. The van der Waals surface area contributed by atoms with E-state index < -0.39 is 11.9 Å². The molecule has 0 fully saturated rings. The van der Waals surface area contributed by atoms with Crippen molar-refractivity contribution in [1.29, 1.82) is 0 Å². The minimum absolute atomic E-state index is 0.0764. The Morgan fingerprint density at radius 3 is 2.35 bits per heavy atom. The number of aliphatic hydroxyl groups excluding tert-OH is 1. The highest BCUT2D eigenvalue weighted by molar-refractivity contribution is 6.02. The molecule has 0 heterocycles. The zero-order valence-electron chi connectivity index (χ0n) is 9.09. The van der Waals surface area contributed by atoms with Crippen molar-refractivity contribution in [2.24, 2.45) is 0 Å². The SMILES string of the molecule is O=C(O)/C=C\C(=O)Nc1ccc(CCO)cc1. The van der Waals surface area contributed by atoms with Crippen LogP contribution >= 0.6 is 0 Å². The summed E-state index contributed by atoms with van der Waals surface area (Å²) < 4.78 is 0. The number of rotatable bonds is 5. The number of hydrogen-bond acceptors (Lipinski definition) is 3. The van der Waals surface area contributed by atoms with Gasteiger partial charge in [0.2, 0.25) is 5.91 Å². The van der Waals surface area contributed by atoms with Crippen molar-refractivity contribution in [3.8, 4) is 0 Å². The van der Waals surface area contributed by atoms with Crippen LogP contribution in [0.3, 0.4) is 0 Å². The number of anilines is 1. The third-order valence-corrected chi connectivity index (χ3v) is 2.00. The molecule has 0 aromatic heterocycles. The van der Waals surface area contributed by atoms with Gasteiger partial charge in [0.25, 0.3) is 0 Å². The smallest absolute Gasteiger partial charge is 0.328 e. The van der Waals surface area contributed by atoms with Crippen molar-refractivity contribution in [3.05, 3.63) is 42.0 Å². The summed E-state index contributed by atoms with van der Waals surface area (Å²) in [4.78, 5) is 21.4. The zero-order valence-corrected chi connectivity index (χ0v) is 9.09. The van der Waals surface area contributed by atoms with Crippen LogP contribution in [0, 0.1) is 0 Å². The Labute approximate surface area is 98.4 Å². The van der Waals surface area contributed by atoms with Gasteiger partial charge in [0, 0.05) is 24.4 Å². The maximum absolute atomic E-state index is 11.2. The van der Waals surface area contributed by atoms with E-state index in [1.165, 1.54) is 0 Å². The van der Waals surface area contributed by atoms with Gasteiger partial charge in [-0.25, -0.2) is 4.79 Å². The number of benzene rings is 1. The molecule has 3 N–H and O–H groups in total. The molecule has 17 heavy (non-hydrogen) atoms. The van der Waals surface area contributed by atoms with Gasteiger partial charge in [-0.15, -0.1) is 0 Å². The number of amides is 1. The van der Waals surface area contributed by atoms with Crippen molar-refractivity contribution in [2.45, 2.75) is 6.42 Å². The number of hydrogen-bond donors (Lipinski definition) is 3. The summed E-state index contributed by atoms with van der Waals surface area (Å²) >= 11 is 0. The minimum Gasteiger partial charge on any atom is -0.478 e. The molecule has 0 bridgehead atoms. The monoisotopic (exact) mass is 235 g/mol. The summed E-state index contributed by atoms with van der Waals surface area (Å²) in [5, 5.41) is 19.6. The fraction of sp³-hybridized carbons (Fsp3) is 0.167. The summed E-state index contributed by atoms with van der Waals surface area (Å²) in [6.45, 7) is 0.0764. The maximum atomic E-state index is 11.2. The van der Waals surface area contributed by atoms with Gasteiger partial charge in [-0.3, -0.25) is 4.79 Å². The first kappa shape index (κ1) is 12.9. The highest BCUT2D eigenvalue weighted by atomic mass is 16.4. The lowest BCUT2D eigenvalue weighted by molar-refractivity contribution is -0.131. The quantitative estimate of drug-likeness (QED) is 0.659. The number of carbonyl (C=O) groups excluding carboxylic acids is 1. The Morgan fingerprint density at radius 2 is 1.82 bits per heavy atom. The van der Waals surface area contributed by atoms with Crippen LogP contribution in [0.5, 0.6) is 0 Å². The molecule has 0 unspecified atom stereocenters. The van der Waals surface area contributed by atoms with E-state index in [9.17, 15) is 9.59 Å². The molecule has 1 amide bonds. The number of aliphatic hydroxyl groups is 1. The Morgan fingerprint density at radius 1 is 1.18 bits per heavy atom. The summed E-state index contributed by atoms with van der Waals surface area (Å²) in [7, 11) is 0. The van der Waals surface area contributed by atoms with Crippen molar-refractivity contribution < 1.29 is 19.8 Å². The highest BCUT2D eigenvalue weighted by Crippen LogP contribution is 2.09. The van der Waals surface area contributed by atoms with E-state index in [4.69, 9.17) is 10.2 Å². The molecule has 0 saturated heterocycles. The standard InChI is InChI=1S/C12H13NO4/c14-8-7-9-1-3-10(4-2-9)13-11(15)5-6-12(16)17/h1-6,14H,7-8H2,(H,13,15)(H,16,17)/b6-5-. The van der Waals surface area contributed by atoms with E-state index in [0.29, 0.717) is 12.1 Å². The molecule has 0 aliphatic heterocycles. The molecule has 0 spiro atoms. The van der Waals surface area contributed by atoms with E-state index >= 15 is 0 Å². The maximum Gasteiger partial charge on any atom is 0.328 e. The van der Waals surface area contributed by atoms with Gasteiger partial charge in [0.1, 0.15) is 0 Å². The van der Waals surface area contributed by atoms with E-state index in [-0.39, 0.29) is 6.61 Å². The van der Waals surface area contributed by atoms with Crippen LogP contribution in [0.25, 0.3) is 0 Å². The summed E-state index contributed by atoms with van der Waals surface area (Å²) in [6, 6.07) is 6.95. The van der Waals surface area contributed by atoms with Gasteiger partial charge in [-0.05, 0) is 24.1 Å². The van der Waals surface area contributed by atoms with Gasteiger partial charge in [0.15, 0.2) is 0 Å². The molecule has 0 aliphatic rings. The summed E-state index contributed by atoms with van der Waals surface area (Å²) in [5.41, 5.74) is 1.54. The average Bonchev–Trinajstić information content (AvgIpc) is 2.29. The first-order valence-electron chi connectivity index (χ1n) is 5.03. The minimum atomic E-state index is -1.17. The summed E-state index contributed by atoms with van der Waals surface area (Å²) in [6.07, 6.45) is 2.28. The lowest BCUT2D eigenvalue weighted by atomic mass is 10.1. The molecule has 5 nitrogen and oxygen atoms in total. The molecule has 1 rings (SSSR count). The largest absolute Gasteiger partial charge is 0.478 e. The van der Waals surface area contributed by atoms with Crippen LogP contribution in [-0.4, -0.2) is 28.7 Å². The number of carboxylic acid groups (broad SMARTS) is 1. The number of carbonyl (C=O) groups is 2. The number of aliphatic carboxylic acids is 1. The third-order valence-electron chi connectivity index (χ3n) is 2.00. The molecule has 0 saturated carbocycles. The Bertz CT molecular complexity index is 423. The second-order valence-corrected chi connectivity index (χ2v) is 3.33. The van der Waals surface area contributed by atoms with Crippen LogP contribution < -0.4 is 5.32 Å². The Balaban J connectivity index is 2.57. The van der Waals surface area contributed by atoms with E-state index in [2.05, 4.69) is 5.32 Å². The molecule has 5 heteroatoms. The third kappa shape index (κ3) is 4.94. The van der Waals surface area contributed by atoms with Crippen molar-refractivity contribution in [2.75, 3.05) is 11.9 Å².